The lowest BCUT2D eigenvalue weighted by molar-refractivity contribution is 0.237. The molecule has 0 spiro atoms. The van der Waals surface area contributed by atoms with Gasteiger partial charge in [-0.15, -0.1) is 0 Å². The molecule has 5 heterocycles. The van der Waals surface area contributed by atoms with Gasteiger partial charge < -0.3 is 10.1 Å². The van der Waals surface area contributed by atoms with Crippen LogP contribution >= 0.6 is 0 Å². The minimum atomic E-state index is -0.824. The number of imidazole rings is 2. The Bertz CT molecular complexity index is 1860. The third-order valence-electron chi connectivity index (χ3n) is 7.58. The van der Waals surface area contributed by atoms with E-state index in [0.29, 0.717) is 27.8 Å². The largest absolute Gasteiger partial charge is 0.490 e. The molecule has 10 nitrogen and oxygen atoms in total. The molecule has 0 aliphatic carbocycles. The number of nitrogens with one attached hydrogen (secondary N) is 1. The minimum absolute atomic E-state index is 0.000356. The number of nitrogens with zero attached hydrogens (tertiary/aromatic N) is 7. The van der Waals surface area contributed by atoms with Gasteiger partial charge in [-0.1, -0.05) is 0 Å². The van der Waals surface area contributed by atoms with Crippen LogP contribution in [0.25, 0.3) is 28.1 Å². The van der Waals surface area contributed by atoms with Crippen molar-refractivity contribution in [2.75, 3.05) is 19.7 Å². The van der Waals surface area contributed by atoms with Crippen molar-refractivity contribution < 1.29 is 13.5 Å². The Morgan fingerprint density at radius 2 is 1.85 bits per heavy atom. The highest BCUT2D eigenvalue weighted by Gasteiger charge is 2.34. The molecule has 1 atom stereocenters. The third-order valence-corrected chi connectivity index (χ3v) is 7.58. The van der Waals surface area contributed by atoms with E-state index in [9.17, 15) is 14.4 Å². The van der Waals surface area contributed by atoms with Gasteiger partial charge in [0.05, 0.1) is 47.1 Å². The summed E-state index contributed by atoms with van der Waals surface area (Å²) < 4.78 is 40.1. The molecular weight excluding hydrogens is 506 g/mol. The molecule has 5 aromatic rings. The Labute approximate surface area is 220 Å². The Balaban J connectivity index is 1.49. The molecule has 39 heavy (non-hydrogen) atoms. The molecule has 0 bridgehead atoms. The van der Waals surface area contributed by atoms with Gasteiger partial charge in [0.2, 0.25) is 5.95 Å². The quantitative estimate of drug-likeness (QED) is 0.382. The first-order valence-electron chi connectivity index (χ1n) is 12.7. The lowest BCUT2D eigenvalue weighted by atomic mass is 9.99. The molecule has 2 aliphatic rings. The van der Waals surface area contributed by atoms with E-state index in [1.807, 2.05) is 0 Å². The summed E-state index contributed by atoms with van der Waals surface area (Å²) in [6.07, 6.45) is 4.88. The van der Waals surface area contributed by atoms with Crippen molar-refractivity contribution in [3.63, 3.8) is 0 Å². The predicted molar refractivity (Wildman–Crippen MR) is 137 cm³/mol. The highest BCUT2D eigenvalue weighted by Crippen LogP contribution is 2.39. The summed E-state index contributed by atoms with van der Waals surface area (Å²) in [4.78, 5) is 27.9. The smallest absolute Gasteiger partial charge is 0.331 e. The number of ether oxygens (including phenoxy) is 1. The highest BCUT2D eigenvalue weighted by atomic mass is 19.1. The lowest BCUT2D eigenvalue weighted by Crippen LogP contribution is -2.36. The van der Waals surface area contributed by atoms with Gasteiger partial charge in [0.25, 0.3) is 0 Å². The van der Waals surface area contributed by atoms with E-state index in [-0.39, 0.29) is 42.0 Å². The Morgan fingerprint density at radius 1 is 1.03 bits per heavy atom. The van der Waals surface area contributed by atoms with E-state index >= 15 is 4.39 Å². The second kappa shape index (κ2) is 8.99. The first-order valence-corrected chi connectivity index (χ1v) is 12.7. The molecule has 1 N–H and O–H groups in total. The van der Waals surface area contributed by atoms with Crippen LogP contribution in [-0.2, 0) is 0 Å². The number of benzene rings is 2. The van der Waals surface area contributed by atoms with E-state index in [0.717, 1.165) is 38.1 Å². The molecule has 2 aliphatic heterocycles. The van der Waals surface area contributed by atoms with Crippen molar-refractivity contribution >= 4 is 22.2 Å². The van der Waals surface area contributed by atoms with E-state index in [2.05, 4.69) is 21.4 Å². The first-order chi connectivity index (χ1) is 19.0. The van der Waals surface area contributed by atoms with Crippen LogP contribution in [0.1, 0.15) is 42.5 Å². The number of aromatic nitrogens is 6. The lowest BCUT2D eigenvalue weighted by Gasteiger charge is -2.27. The van der Waals surface area contributed by atoms with Gasteiger partial charge in [0.15, 0.2) is 17.2 Å². The molecule has 1 fully saturated rings. The van der Waals surface area contributed by atoms with Gasteiger partial charge in [0, 0.05) is 12.5 Å². The van der Waals surface area contributed by atoms with Crippen molar-refractivity contribution in [3.8, 4) is 17.8 Å². The maximum Gasteiger partial charge on any atom is 0.331 e. The number of fused-ring (bicyclic) bond motifs is 3. The fourth-order valence-electron chi connectivity index (χ4n) is 5.75. The SMILES string of the molecule is N#Cc1ccc2ncn(-c3ncc4c(n3)n([C@@H]3CCOc5c(F)ccc(F)c53)c(=O)n4C3CCNCC3)c2c1. The van der Waals surface area contributed by atoms with Crippen LogP contribution in [0.5, 0.6) is 5.75 Å². The fraction of sp³-hybridized carbons (Fsp3) is 0.296. The molecule has 12 heteroatoms. The predicted octanol–water partition coefficient (Wildman–Crippen LogP) is 3.38. The summed E-state index contributed by atoms with van der Waals surface area (Å²) in [7, 11) is 0. The average molecular weight is 529 g/mol. The van der Waals surface area contributed by atoms with Crippen molar-refractivity contribution in [2.45, 2.75) is 31.3 Å². The van der Waals surface area contributed by atoms with Crippen LogP contribution in [0, 0.1) is 23.0 Å². The molecule has 7 rings (SSSR count). The van der Waals surface area contributed by atoms with Gasteiger partial charge in [-0.05, 0) is 56.3 Å². The second-order valence-corrected chi connectivity index (χ2v) is 9.74. The number of halogens is 2. The van der Waals surface area contributed by atoms with Crippen LogP contribution < -0.4 is 15.7 Å². The zero-order valence-electron chi connectivity index (χ0n) is 20.6. The minimum Gasteiger partial charge on any atom is -0.490 e. The number of hydrogen-bond acceptors (Lipinski definition) is 7. The van der Waals surface area contributed by atoms with Gasteiger partial charge in [0.1, 0.15) is 17.7 Å². The molecule has 0 unspecified atom stereocenters. The van der Waals surface area contributed by atoms with E-state index in [1.54, 1.807) is 39.9 Å². The summed E-state index contributed by atoms with van der Waals surface area (Å²) in [5.74, 6) is -1.27. The molecule has 0 amide bonds. The maximum atomic E-state index is 15.2. The Hall–Kier alpha value is -4.63. The molecule has 0 saturated carbocycles. The normalized spacial score (nSPS) is 17.7. The second-order valence-electron chi connectivity index (χ2n) is 9.74. The van der Waals surface area contributed by atoms with Crippen LogP contribution in [0.2, 0.25) is 0 Å². The number of piperidine rings is 1. The topological polar surface area (TPSA) is 116 Å². The standard InChI is InChI=1S/C27H22F2N8O2/c28-17-2-3-18(29)24-23(17)20(7-10-39-24)37-25-22(36(27(37)38)16-5-8-31-9-6-16)13-32-26(34-25)35-14-33-19-4-1-15(12-30)11-21(19)35/h1-4,11,13-14,16,20,31H,5-10H2/t20-/m1/s1. The summed E-state index contributed by atoms with van der Waals surface area (Å²) in [5, 5.41) is 12.7. The van der Waals surface area contributed by atoms with E-state index in [1.165, 1.54) is 4.57 Å². The summed E-state index contributed by atoms with van der Waals surface area (Å²) in [6.45, 7) is 1.63. The number of rotatable bonds is 3. The van der Waals surface area contributed by atoms with Crippen molar-refractivity contribution in [1.82, 2.24) is 34.0 Å². The number of hydrogen-bond donors (Lipinski definition) is 1. The molecule has 1 saturated heterocycles. The first kappa shape index (κ1) is 23.5. The molecule has 3 aromatic heterocycles. The summed E-state index contributed by atoms with van der Waals surface area (Å²) in [5.41, 5.74) is 2.20. The third kappa shape index (κ3) is 3.61. The van der Waals surface area contributed by atoms with Crippen molar-refractivity contribution in [2.24, 2.45) is 0 Å². The maximum absolute atomic E-state index is 15.2. The van der Waals surface area contributed by atoms with Crippen LogP contribution in [0.15, 0.2) is 47.7 Å². The van der Waals surface area contributed by atoms with Gasteiger partial charge in [-0.2, -0.15) is 10.2 Å². The van der Waals surface area contributed by atoms with Crippen molar-refractivity contribution in [1.29, 1.82) is 5.26 Å². The van der Waals surface area contributed by atoms with Crippen LogP contribution in [0.3, 0.4) is 0 Å². The zero-order chi connectivity index (χ0) is 26.7. The van der Waals surface area contributed by atoms with Gasteiger partial charge in [-0.25, -0.2) is 23.5 Å². The van der Waals surface area contributed by atoms with E-state index in [4.69, 9.17) is 9.72 Å². The van der Waals surface area contributed by atoms with Crippen LogP contribution in [0.4, 0.5) is 8.78 Å². The molecular formula is C27H22F2N8O2. The number of nitriles is 1. The summed E-state index contributed by atoms with van der Waals surface area (Å²) in [6, 6.07) is 8.39. The van der Waals surface area contributed by atoms with Crippen LogP contribution in [-0.4, -0.2) is 48.3 Å². The summed E-state index contributed by atoms with van der Waals surface area (Å²) >= 11 is 0. The zero-order valence-corrected chi connectivity index (χ0v) is 20.6. The fourth-order valence-corrected chi connectivity index (χ4v) is 5.75. The Morgan fingerprint density at radius 3 is 2.67 bits per heavy atom. The highest BCUT2D eigenvalue weighted by molar-refractivity contribution is 5.79. The van der Waals surface area contributed by atoms with Gasteiger partial charge in [-0.3, -0.25) is 13.7 Å². The Kier molecular flexibility index (Phi) is 5.41. The molecule has 2 aromatic carbocycles. The van der Waals surface area contributed by atoms with E-state index < -0.39 is 17.7 Å². The van der Waals surface area contributed by atoms with Gasteiger partial charge >= 0.3 is 5.69 Å². The molecule has 0 radical (unpaired) electrons. The monoisotopic (exact) mass is 528 g/mol. The average Bonchev–Trinajstić information content (AvgIpc) is 3.52. The molecule has 196 valence electrons. The van der Waals surface area contributed by atoms with Crippen molar-refractivity contribution in [3.05, 3.63) is 76.1 Å².